The van der Waals surface area contributed by atoms with Gasteiger partial charge in [-0.1, -0.05) is 37.6 Å². The quantitative estimate of drug-likeness (QED) is 0.605. The van der Waals surface area contributed by atoms with Gasteiger partial charge >= 0.3 is 0 Å². The predicted molar refractivity (Wildman–Crippen MR) is 107 cm³/mol. The second-order valence-electron chi connectivity index (χ2n) is 6.79. The monoisotopic (exact) mass is 401 g/mol. The van der Waals surface area contributed by atoms with Crippen LogP contribution in [0.2, 0.25) is 5.02 Å². The van der Waals surface area contributed by atoms with Crippen molar-refractivity contribution < 1.29 is 13.9 Å². The number of carbonyl (C=O) groups excluding carboxylic acids is 1. The van der Waals surface area contributed by atoms with Crippen molar-refractivity contribution in [3.05, 3.63) is 76.7 Å². The zero-order valence-electron chi connectivity index (χ0n) is 15.7. The van der Waals surface area contributed by atoms with E-state index in [1.165, 1.54) is 18.2 Å². The molecule has 7 heteroatoms. The number of halogens is 2. The molecule has 1 N–H and O–H groups in total. The Bertz CT molecular complexity index is 972. The third-order valence-corrected chi connectivity index (χ3v) is 4.16. The number of anilines is 1. The van der Waals surface area contributed by atoms with Crippen LogP contribution in [0.15, 0.2) is 54.7 Å². The third-order valence-electron chi connectivity index (χ3n) is 3.93. The Kier molecular flexibility index (Phi) is 6.31. The summed E-state index contributed by atoms with van der Waals surface area (Å²) in [5.41, 5.74) is 0.847. The lowest BCUT2D eigenvalue weighted by atomic mass is 10.2. The molecule has 0 spiro atoms. The molecule has 5 nitrogen and oxygen atoms in total. The SMILES string of the molecule is CC(C)COc1ccc(Cl)cc1Cn1ccc(NC(=O)c2ccccc2F)n1. The molecule has 0 atom stereocenters. The van der Waals surface area contributed by atoms with Crippen LogP contribution in [0.1, 0.15) is 29.8 Å². The van der Waals surface area contributed by atoms with Gasteiger partial charge in [0.25, 0.3) is 5.91 Å². The molecule has 1 amide bonds. The van der Waals surface area contributed by atoms with E-state index in [4.69, 9.17) is 16.3 Å². The highest BCUT2D eigenvalue weighted by Gasteiger charge is 2.13. The van der Waals surface area contributed by atoms with Crippen molar-refractivity contribution in [2.75, 3.05) is 11.9 Å². The van der Waals surface area contributed by atoms with Crippen LogP contribution in [0.3, 0.4) is 0 Å². The number of rotatable bonds is 7. The second kappa shape index (κ2) is 8.89. The maximum atomic E-state index is 13.7. The topological polar surface area (TPSA) is 56.1 Å². The van der Waals surface area contributed by atoms with E-state index in [0.717, 1.165) is 11.3 Å². The number of hydrogen-bond acceptors (Lipinski definition) is 3. The zero-order valence-corrected chi connectivity index (χ0v) is 16.4. The summed E-state index contributed by atoms with van der Waals surface area (Å²) < 4.78 is 21.2. The van der Waals surface area contributed by atoms with Gasteiger partial charge in [-0.25, -0.2) is 4.39 Å². The van der Waals surface area contributed by atoms with Crippen molar-refractivity contribution in [2.24, 2.45) is 5.92 Å². The molecule has 0 radical (unpaired) electrons. The van der Waals surface area contributed by atoms with Crippen molar-refractivity contribution in [1.82, 2.24) is 9.78 Å². The summed E-state index contributed by atoms with van der Waals surface area (Å²) in [5, 5.41) is 7.54. The highest BCUT2D eigenvalue weighted by molar-refractivity contribution is 6.30. The first-order chi connectivity index (χ1) is 13.4. The molecular weight excluding hydrogens is 381 g/mol. The number of nitrogens with zero attached hydrogens (tertiary/aromatic N) is 2. The Hall–Kier alpha value is -2.86. The number of amides is 1. The van der Waals surface area contributed by atoms with Gasteiger partial charge in [-0.15, -0.1) is 0 Å². The summed E-state index contributed by atoms with van der Waals surface area (Å²) in [6, 6.07) is 12.9. The zero-order chi connectivity index (χ0) is 20.1. The molecule has 1 aromatic heterocycles. The normalized spacial score (nSPS) is 10.9. The minimum atomic E-state index is -0.578. The highest BCUT2D eigenvalue weighted by atomic mass is 35.5. The van der Waals surface area contributed by atoms with E-state index >= 15 is 0 Å². The van der Waals surface area contributed by atoms with Crippen molar-refractivity contribution in [1.29, 1.82) is 0 Å². The fraction of sp³-hybridized carbons (Fsp3) is 0.238. The maximum Gasteiger partial charge on any atom is 0.259 e. The summed E-state index contributed by atoms with van der Waals surface area (Å²) in [5.74, 6) is 0.344. The number of aromatic nitrogens is 2. The lowest BCUT2D eigenvalue weighted by Crippen LogP contribution is -2.14. The number of carbonyl (C=O) groups is 1. The molecule has 3 aromatic rings. The van der Waals surface area contributed by atoms with E-state index in [0.29, 0.717) is 29.9 Å². The van der Waals surface area contributed by atoms with E-state index in [1.807, 2.05) is 12.1 Å². The van der Waals surface area contributed by atoms with Crippen molar-refractivity contribution in [2.45, 2.75) is 20.4 Å². The molecule has 0 saturated carbocycles. The molecule has 0 unspecified atom stereocenters. The van der Waals surface area contributed by atoms with Gasteiger partial charge in [0.1, 0.15) is 11.6 Å². The van der Waals surface area contributed by atoms with Crippen LogP contribution in [-0.4, -0.2) is 22.3 Å². The average molecular weight is 402 g/mol. The largest absolute Gasteiger partial charge is 0.493 e. The van der Waals surface area contributed by atoms with Crippen LogP contribution in [0.5, 0.6) is 5.75 Å². The molecule has 0 saturated heterocycles. The first-order valence-corrected chi connectivity index (χ1v) is 9.30. The van der Waals surface area contributed by atoms with Crippen molar-refractivity contribution >= 4 is 23.3 Å². The van der Waals surface area contributed by atoms with Crippen LogP contribution in [-0.2, 0) is 6.54 Å². The molecular formula is C21H21ClFN3O2. The molecule has 146 valence electrons. The standard InChI is InChI=1S/C21H21ClFN3O2/c1-14(2)13-28-19-8-7-16(22)11-15(19)12-26-10-9-20(25-26)24-21(27)17-5-3-4-6-18(17)23/h3-11,14H,12-13H2,1-2H3,(H,24,25,27). The first kappa shape index (κ1) is 19.9. The maximum absolute atomic E-state index is 13.7. The molecule has 3 rings (SSSR count). The van der Waals surface area contributed by atoms with Gasteiger partial charge in [-0.05, 0) is 36.2 Å². The fourth-order valence-corrected chi connectivity index (χ4v) is 2.78. The van der Waals surface area contributed by atoms with E-state index in [-0.39, 0.29) is 5.56 Å². The molecule has 0 aliphatic carbocycles. The van der Waals surface area contributed by atoms with Gasteiger partial charge in [-0.2, -0.15) is 5.10 Å². The minimum Gasteiger partial charge on any atom is -0.493 e. The van der Waals surface area contributed by atoms with E-state index in [9.17, 15) is 9.18 Å². The van der Waals surface area contributed by atoms with Gasteiger partial charge < -0.3 is 10.1 Å². The van der Waals surface area contributed by atoms with Crippen LogP contribution in [0.4, 0.5) is 10.2 Å². The van der Waals surface area contributed by atoms with Crippen LogP contribution >= 0.6 is 11.6 Å². The smallest absolute Gasteiger partial charge is 0.259 e. The Balaban J connectivity index is 1.72. The van der Waals surface area contributed by atoms with Gasteiger partial charge in [0.05, 0.1) is 18.7 Å². The molecule has 0 aliphatic rings. The van der Waals surface area contributed by atoms with Crippen molar-refractivity contribution in [3.8, 4) is 5.75 Å². The van der Waals surface area contributed by atoms with Gasteiger partial charge in [-0.3, -0.25) is 9.48 Å². The number of hydrogen-bond donors (Lipinski definition) is 1. The molecule has 2 aromatic carbocycles. The Morgan fingerprint density at radius 3 is 2.79 bits per heavy atom. The summed E-state index contributed by atoms with van der Waals surface area (Å²) in [4.78, 5) is 12.2. The van der Waals surface area contributed by atoms with E-state index in [2.05, 4.69) is 24.3 Å². The first-order valence-electron chi connectivity index (χ1n) is 8.93. The summed E-state index contributed by atoms with van der Waals surface area (Å²) in [6.45, 7) is 5.17. The molecule has 0 bridgehead atoms. The minimum absolute atomic E-state index is 0.0312. The van der Waals surface area contributed by atoms with E-state index < -0.39 is 11.7 Å². The third kappa shape index (κ3) is 5.10. The van der Waals surface area contributed by atoms with Gasteiger partial charge in [0, 0.05) is 22.8 Å². The Morgan fingerprint density at radius 1 is 1.25 bits per heavy atom. The number of benzene rings is 2. The average Bonchev–Trinajstić information content (AvgIpc) is 3.08. The number of ether oxygens (including phenoxy) is 1. The lowest BCUT2D eigenvalue weighted by Gasteiger charge is -2.13. The molecule has 0 fully saturated rings. The summed E-state index contributed by atoms with van der Waals surface area (Å²) >= 11 is 6.12. The summed E-state index contributed by atoms with van der Waals surface area (Å²) in [7, 11) is 0. The highest BCUT2D eigenvalue weighted by Crippen LogP contribution is 2.24. The molecule has 1 heterocycles. The second-order valence-corrected chi connectivity index (χ2v) is 7.23. The van der Waals surface area contributed by atoms with Crippen LogP contribution in [0, 0.1) is 11.7 Å². The van der Waals surface area contributed by atoms with Gasteiger partial charge in [0.15, 0.2) is 5.82 Å². The van der Waals surface area contributed by atoms with Crippen LogP contribution < -0.4 is 10.1 Å². The Labute approximate surface area is 168 Å². The van der Waals surface area contributed by atoms with Gasteiger partial charge in [0.2, 0.25) is 0 Å². The fourth-order valence-electron chi connectivity index (χ4n) is 2.59. The number of nitrogens with one attached hydrogen (secondary N) is 1. The Morgan fingerprint density at radius 2 is 2.04 bits per heavy atom. The van der Waals surface area contributed by atoms with Crippen molar-refractivity contribution in [3.63, 3.8) is 0 Å². The predicted octanol–water partition coefficient (Wildman–Crippen LogP) is 5.01. The lowest BCUT2D eigenvalue weighted by molar-refractivity contribution is 0.102. The summed E-state index contributed by atoms with van der Waals surface area (Å²) in [6.07, 6.45) is 1.73. The van der Waals surface area contributed by atoms with Crippen LogP contribution in [0.25, 0.3) is 0 Å². The molecule has 28 heavy (non-hydrogen) atoms. The van der Waals surface area contributed by atoms with E-state index in [1.54, 1.807) is 29.1 Å². The molecule has 0 aliphatic heterocycles.